The van der Waals surface area contributed by atoms with E-state index in [2.05, 4.69) is 29.7 Å². The number of amides is 2. The minimum Gasteiger partial charge on any atom is -0.504 e. The van der Waals surface area contributed by atoms with E-state index >= 15 is 0 Å². The van der Waals surface area contributed by atoms with Crippen molar-refractivity contribution in [2.75, 3.05) is 11.9 Å². The first-order valence-corrected chi connectivity index (χ1v) is 12.9. The standard InChI is InChI=1S/C27H44N2O5/c1-2-3-4-5-6-7-8-9-10-11-12-13-14-15-16-17-18-28-25(32)21-26(33)29-22-19-23(30)27(34)24(31)20-22/h9-10,19-20,30-31,34H,2-8,11-18,21H2,1H3,(H,28,32)(H,29,33). The summed E-state index contributed by atoms with van der Waals surface area (Å²) in [5, 5.41) is 33.3. The Morgan fingerprint density at radius 2 is 1.24 bits per heavy atom. The highest BCUT2D eigenvalue weighted by Gasteiger charge is 2.12. The van der Waals surface area contributed by atoms with Crippen molar-refractivity contribution in [2.24, 2.45) is 0 Å². The third-order valence-electron chi connectivity index (χ3n) is 5.69. The van der Waals surface area contributed by atoms with Crippen LogP contribution in [0.25, 0.3) is 0 Å². The van der Waals surface area contributed by atoms with Gasteiger partial charge in [-0.05, 0) is 32.1 Å². The number of hydrogen-bond acceptors (Lipinski definition) is 5. The molecule has 0 fully saturated rings. The zero-order valence-corrected chi connectivity index (χ0v) is 20.8. The van der Waals surface area contributed by atoms with Gasteiger partial charge in [0, 0.05) is 24.4 Å². The first kappa shape index (κ1) is 29.3. The quantitative estimate of drug-likeness (QED) is 0.0529. The highest BCUT2D eigenvalue weighted by molar-refractivity contribution is 6.03. The van der Waals surface area contributed by atoms with Gasteiger partial charge in [-0.2, -0.15) is 0 Å². The maximum Gasteiger partial charge on any atom is 0.233 e. The Bertz CT molecular complexity index is 726. The number of carbonyl (C=O) groups is 2. The molecule has 0 aliphatic heterocycles. The van der Waals surface area contributed by atoms with E-state index in [-0.39, 0.29) is 18.0 Å². The van der Waals surface area contributed by atoms with E-state index in [9.17, 15) is 24.9 Å². The topological polar surface area (TPSA) is 119 Å². The summed E-state index contributed by atoms with van der Waals surface area (Å²) in [5.41, 5.74) is 0.0962. The van der Waals surface area contributed by atoms with Gasteiger partial charge in [-0.15, -0.1) is 0 Å². The molecule has 7 nitrogen and oxygen atoms in total. The number of phenolic OH excluding ortho intramolecular Hbond substituents is 3. The predicted octanol–water partition coefficient (Wildman–Crippen LogP) is 6.29. The van der Waals surface area contributed by atoms with Crippen molar-refractivity contribution >= 4 is 17.5 Å². The highest BCUT2D eigenvalue weighted by Crippen LogP contribution is 2.37. The number of anilines is 1. The van der Waals surface area contributed by atoms with Gasteiger partial charge < -0.3 is 26.0 Å². The van der Waals surface area contributed by atoms with Crippen LogP contribution in [0.4, 0.5) is 5.69 Å². The number of carbonyl (C=O) groups excluding carboxylic acids is 2. The summed E-state index contributed by atoms with van der Waals surface area (Å²) >= 11 is 0. The normalized spacial score (nSPS) is 11.1. The molecule has 5 N–H and O–H groups in total. The molecule has 0 aliphatic rings. The zero-order chi connectivity index (χ0) is 25.0. The summed E-state index contributed by atoms with van der Waals surface area (Å²) in [5.74, 6) is -2.72. The van der Waals surface area contributed by atoms with Crippen LogP contribution in [0.3, 0.4) is 0 Å². The summed E-state index contributed by atoms with van der Waals surface area (Å²) < 4.78 is 0. The SMILES string of the molecule is CCCCCCCCC=CCCCCCCCCNC(=O)CC(=O)Nc1cc(O)c(O)c(O)c1. The number of benzene rings is 1. The third kappa shape index (κ3) is 14.4. The van der Waals surface area contributed by atoms with Gasteiger partial charge in [0.05, 0.1) is 0 Å². The average molecular weight is 477 g/mol. The fourth-order valence-electron chi connectivity index (χ4n) is 3.69. The molecule has 34 heavy (non-hydrogen) atoms. The second-order valence-corrected chi connectivity index (χ2v) is 8.88. The van der Waals surface area contributed by atoms with Crippen molar-refractivity contribution in [2.45, 2.75) is 103 Å². The lowest BCUT2D eigenvalue weighted by molar-refractivity contribution is -0.126. The molecule has 0 aromatic heterocycles. The van der Waals surface area contributed by atoms with Gasteiger partial charge in [-0.1, -0.05) is 76.9 Å². The van der Waals surface area contributed by atoms with Crippen LogP contribution < -0.4 is 10.6 Å². The summed E-state index contributed by atoms with van der Waals surface area (Å²) in [4.78, 5) is 23.8. The van der Waals surface area contributed by atoms with Crippen LogP contribution in [-0.4, -0.2) is 33.7 Å². The summed E-state index contributed by atoms with van der Waals surface area (Å²) in [6.45, 7) is 2.79. The molecule has 1 aromatic carbocycles. The van der Waals surface area contributed by atoms with Crippen LogP contribution in [-0.2, 0) is 9.59 Å². The van der Waals surface area contributed by atoms with E-state index in [0.29, 0.717) is 6.54 Å². The molecule has 0 spiro atoms. The van der Waals surface area contributed by atoms with Crippen molar-refractivity contribution in [3.63, 3.8) is 0 Å². The molecule has 0 bridgehead atoms. The van der Waals surface area contributed by atoms with Gasteiger partial charge in [0.1, 0.15) is 6.42 Å². The van der Waals surface area contributed by atoms with Crippen LogP contribution in [0, 0.1) is 0 Å². The number of hydrogen-bond donors (Lipinski definition) is 5. The number of unbranched alkanes of at least 4 members (excludes halogenated alkanes) is 12. The van der Waals surface area contributed by atoms with Crippen LogP contribution in [0.15, 0.2) is 24.3 Å². The van der Waals surface area contributed by atoms with Crippen molar-refractivity contribution in [1.29, 1.82) is 0 Å². The van der Waals surface area contributed by atoms with Crippen LogP contribution in [0.5, 0.6) is 17.2 Å². The molecule has 192 valence electrons. The first-order valence-electron chi connectivity index (χ1n) is 12.9. The van der Waals surface area contributed by atoms with Crippen LogP contribution in [0.2, 0.25) is 0 Å². The number of aromatic hydroxyl groups is 3. The lowest BCUT2D eigenvalue weighted by atomic mass is 10.1. The Labute approximate surface area is 204 Å². The molecule has 1 aromatic rings. The van der Waals surface area contributed by atoms with Gasteiger partial charge in [-0.3, -0.25) is 9.59 Å². The molecule has 0 saturated carbocycles. The molecular formula is C27H44N2O5. The second-order valence-electron chi connectivity index (χ2n) is 8.88. The first-order chi connectivity index (χ1) is 16.4. The zero-order valence-electron chi connectivity index (χ0n) is 20.8. The predicted molar refractivity (Wildman–Crippen MR) is 137 cm³/mol. The molecular weight excluding hydrogens is 432 g/mol. The van der Waals surface area contributed by atoms with Gasteiger partial charge in [0.15, 0.2) is 17.2 Å². The van der Waals surface area contributed by atoms with E-state index in [1.165, 1.54) is 64.2 Å². The lowest BCUT2D eigenvalue weighted by Crippen LogP contribution is -2.28. The molecule has 7 heteroatoms. The minimum atomic E-state index is -0.661. The maximum atomic E-state index is 11.9. The smallest absolute Gasteiger partial charge is 0.233 e. The number of allylic oxidation sites excluding steroid dienone is 2. The van der Waals surface area contributed by atoms with Crippen molar-refractivity contribution in [1.82, 2.24) is 5.32 Å². The minimum absolute atomic E-state index is 0.0962. The molecule has 0 radical (unpaired) electrons. The lowest BCUT2D eigenvalue weighted by Gasteiger charge is -2.08. The van der Waals surface area contributed by atoms with E-state index in [1.807, 2.05) is 0 Å². The molecule has 0 unspecified atom stereocenters. The Kier molecular flexibility index (Phi) is 16.1. The van der Waals surface area contributed by atoms with Gasteiger partial charge >= 0.3 is 0 Å². The molecule has 0 heterocycles. The maximum absolute atomic E-state index is 11.9. The van der Waals surface area contributed by atoms with E-state index < -0.39 is 23.2 Å². The molecule has 2 amide bonds. The number of phenols is 3. The molecule has 0 aliphatic carbocycles. The summed E-state index contributed by atoms with van der Waals surface area (Å²) in [7, 11) is 0. The van der Waals surface area contributed by atoms with Crippen LogP contribution in [0.1, 0.15) is 103 Å². The monoisotopic (exact) mass is 476 g/mol. The Morgan fingerprint density at radius 3 is 1.79 bits per heavy atom. The van der Waals surface area contributed by atoms with Crippen molar-refractivity contribution in [3.8, 4) is 17.2 Å². The van der Waals surface area contributed by atoms with Gasteiger partial charge in [0.25, 0.3) is 0 Å². The summed E-state index contributed by atoms with van der Waals surface area (Å²) in [6.07, 6.45) is 21.5. The third-order valence-corrected chi connectivity index (χ3v) is 5.69. The molecule has 0 atom stereocenters. The molecule has 0 saturated heterocycles. The Morgan fingerprint density at radius 1 is 0.735 bits per heavy atom. The number of nitrogens with one attached hydrogen (secondary N) is 2. The van der Waals surface area contributed by atoms with Gasteiger partial charge in [-0.25, -0.2) is 0 Å². The van der Waals surface area contributed by atoms with E-state index in [4.69, 9.17) is 0 Å². The Balaban J connectivity index is 1.95. The average Bonchev–Trinajstić information content (AvgIpc) is 2.79. The van der Waals surface area contributed by atoms with E-state index in [0.717, 1.165) is 37.8 Å². The largest absolute Gasteiger partial charge is 0.504 e. The second kappa shape index (κ2) is 18.7. The van der Waals surface area contributed by atoms with E-state index in [1.54, 1.807) is 0 Å². The fraction of sp³-hybridized carbons (Fsp3) is 0.630. The fourth-order valence-corrected chi connectivity index (χ4v) is 3.69. The number of rotatable bonds is 19. The highest BCUT2D eigenvalue weighted by atomic mass is 16.3. The Hall–Kier alpha value is -2.70. The summed E-state index contributed by atoms with van der Waals surface area (Å²) in [6, 6.07) is 2.19. The van der Waals surface area contributed by atoms with Crippen molar-refractivity contribution < 1.29 is 24.9 Å². The van der Waals surface area contributed by atoms with Crippen LogP contribution >= 0.6 is 0 Å². The molecule has 1 rings (SSSR count). The van der Waals surface area contributed by atoms with Crippen molar-refractivity contribution in [3.05, 3.63) is 24.3 Å². The van der Waals surface area contributed by atoms with Gasteiger partial charge in [0.2, 0.25) is 11.8 Å².